The maximum Gasteiger partial charge on any atom is 0.338 e. The molecule has 5 nitrogen and oxygen atoms in total. The Morgan fingerprint density at radius 3 is 2.42 bits per heavy atom. The molecule has 0 radical (unpaired) electrons. The van der Waals surface area contributed by atoms with Gasteiger partial charge in [-0.05, 0) is 36.8 Å². The molecule has 1 amide bonds. The smallest absolute Gasteiger partial charge is 0.338 e. The molecule has 0 aliphatic heterocycles. The van der Waals surface area contributed by atoms with E-state index >= 15 is 0 Å². The minimum absolute atomic E-state index is 0.155. The van der Waals surface area contributed by atoms with Gasteiger partial charge in [0.05, 0.1) is 17.9 Å². The van der Waals surface area contributed by atoms with Gasteiger partial charge in [-0.1, -0.05) is 12.1 Å². The van der Waals surface area contributed by atoms with E-state index in [-0.39, 0.29) is 17.9 Å². The highest BCUT2D eigenvalue weighted by Crippen LogP contribution is 2.16. The topological polar surface area (TPSA) is 75.6 Å². The summed E-state index contributed by atoms with van der Waals surface area (Å²) in [4.78, 5) is 23.9. The van der Waals surface area contributed by atoms with Gasteiger partial charge in [0, 0.05) is 6.07 Å². The minimum atomic E-state index is -1.18. The normalized spacial score (nSPS) is 11.7. The van der Waals surface area contributed by atoms with E-state index in [9.17, 15) is 18.4 Å². The molecule has 0 saturated carbocycles. The number of aliphatic hydroxyl groups excluding tert-OH is 1. The van der Waals surface area contributed by atoms with Gasteiger partial charge in [0.1, 0.15) is 11.6 Å². The van der Waals surface area contributed by atoms with Crippen molar-refractivity contribution in [1.82, 2.24) is 0 Å². The molecule has 7 heteroatoms. The highest BCUT2D eigenvalue weighted by Gasteiger charge is 2.20. The lowest BCUT2D eigenvalue weighted by Gasteiger charge is -2.14. The number of esters is 1. The van der Waals surface area contributed by atoms with E-state index in [0.717, 1.165) is 12.1 Å². The summed E-state index contributed by atoms with van der Waals surface area (Å²) in [6, 6.07) is 8.72. The second-order valence-corrected chi connectivity index (χ2v) is 5.02. The quantitative estimate of drug-likeness (QED) is 0.824. The second-order valence-electron chi connectivity index (χ2n) is 5.02. The summed E-state index contributed by atoms with van der Waals surface area (Å²) >= 11 is 0. The first kappa shape index (κ1) is 17.6. The van der Waals surface area contributed by atoms with Gasteiger partial charge in [-0.25, -0.2) is 13.6 Å². The van der Waals surface area contributed by atoms with Crippen molar-refractivity contribution in [2.75, 3.05) is 5.32 Å². The highest BCUT2D eigenvalue weighted by atomic mass is 19.1. The minimum Gasteiger partial charge on any atom is -0.449 e. The summed E-state index contributed by atoms with van der Waals surface area (Å²) in [5.74, 6) is -3.18. The molecule has 2 aromatic rings. The van der Waals surface area contributed by atoms with Crippen molar-refractivity contribution < 1.29 is 28.2 Å². The zero-order valence-corrected chi connectivity index (χ0v) is 12.8. The van der Waals surface area contributed by atoms with Crippen LogP contribution >= 0.6 is 0 Å². The van der Waals surface area contributed by atoms with Crippen molar-refractivity contribution in [1.29, 1.82) is 0 Å². The molecule has 2 rings (SSSR count). The summed E-state index contributed by atoms with van der Waals surface area (Å²) in [6.07, 6.45) is -1.18. The van der Waals surface area contributed by atoms with Crippen molar-refractivity contribution in [3.8, 4) is 0 Å². The molecular formula is C17H15F2NO4. The van der Waals surface area contributed by atoms with Crippen LogP contribution in [0, 0.1) is 11.6 Å². The van der Waals surface area contributed by atoms with Gasteiger partial charge < -0.3 is 15.2 Å². The van der Waals surface area contributed by atoms with E-state index in [1.54, 1.807) is 12.1 Å². The third-order valence-corrected chi connectivity index (χ3v) is 3.21. The predicted molar refractivity (Wildman–Crippen MR) is 82.2 cm³/mol. The summed E-state index contributed by atoms with van der Waals surface area (Å²) in [7, 11) is 0. The maximum absolute atomic E-state index is 13.5. The van der Waals surface area contributed by atoms with E-state index < -0.39 is 29.6 Å². The van der Waals surface area contributed by atoms with Gasteiger partial charge in [-0.2, -0.15) is 0 Å². The fraction of sp³-hybridized carbons (Fsp3) is 0.176. The van der Waals surface area contributed by atoms with Crippen LogP contribution in [0.5, 0.6) is 0 Å². The molecule has 1 atom stereocenters. The average Bonchev–Trinajstić information content (AvgIpc) is 2.57. The zero-order chi connectivity index (χ0) is 17.7. The van der Waals surface area contributed by atoms with Gasteiger partial charge in [0.2, 0.25) is 0 Å². The summed E-state index contributed by atoms with van der Waals surface area (Å²) in [6.45, 7) is 1.17. The summed E-state index contributed by atoms with van der Waals surface area (Å²) in [5, 5.41) is 11.2. The Morgan fingerprint density at radius 1 is 1.17 bits per heavy atom. The van der Waals surface area contributed by atoms with Crippen LogP contribution in [0.2, 0.25) is 0 Å². The molecule has 0 aliphatic carbocycles. The number of hydrogen-bond donors (Lipinski definition) is 2. The van der Waals surface area contributed by atoms with Crippen LogP contribution < -0.4 is 5.32 Å². The molecule has 0 aromatic heterocycles. The average molecular weight is 335 g/mol. The maximum atomic E-state index is 13.5. The number of anilines is 1. The molecule has 0 bridgehead atoms. The molecule has 2 N–H and O–H groups in total. The number of carbonyl (C=O) groups is 2. The van der Waals surface area contributed by atoms with E-state index in [1.807, 2.05) is 0 Å². The fourth-order valence-corrected chi connectivity index (χ4v) is 1.85. The first-order valence-corrected chi connectivity index (χ1v) is 7.07. The van der Waals surface area contributed by atoms with Gasteiger partial charge >= 0.3 is 5.97 Å². The standard InChI is InChI=1S/C17H15F2NO4/c1-10(16(22)20-15-7-6-13(18)8-14(15)19)24-17(23)12-4-2-11(9-21)3-5-12/h2-8,10,21H,9H2,1H3,(H,20,22)/t10-/m0/s1. The number of halogens is 2. The molecule has 2 aromatic carbocycles. The number of benzene rings is 2. The highest BCUT2D eigenvalue weighted by molar-refractivity contribution is 5.97. The molecule has 0 fully saturated rings. The van der Waals surface area contributed by atoms with Gasteiger partial charge in [-0.3, -0.25) is 4.79 Å². The Balaban J connectivity index is 1.98. The first-order chi connectivity index (χ1) is 11.4. The lowest BCUT2D eigenvalue weighted by molar-refractivity contribution is -0.123. The SMILES string of the molecule is C[C@H](OC(=O)c1ccc(CO)cc1)C(=O)Nc1ccc(F)cc1F. The second kappa shape index (κ2) is 7.65. The van der Waals surface area contributed by atoms with Crippen molar-refractivity contribution in [2.45, 2.75) is 19.6 Å². The number of rotatable bonds is 5. The Labute approximate surface area is 136 Å². The van der Waals surface area contributed by atoms with Gasteiger partial charge in [0.15, 0.2) is 6.10 Å². The Kier molecular flexibility index (Phi) is 5.59. The van der Waals surface area contributed by atoms with Gasteiger partial charge in [0.25, 0.3) is 5.91 Å². The van der Waals surface area contributed by atoms with Crippen LogP contribution in [0.4, 0.5) is 14.5 Å². The summed E-state index contributed by atoms with van der Waals surface area (Å²) in [5.41, 5.74) is 0.625. The Bertz CT molecular complexity index is 747. The van der Waals surface area contributed by atoms with Crippen LogP contribution in [0.1, 0.15) is 22.8 Å². The molecule has 126 valence electrons. The summed E-state index contributed by atoms with van der Waals surface area (Å²) < 4.78 is 31.3. The van der Waals surface area contributed by atoms with E-state index in [0.29, 0.717) is 11.6 Å². The van der Waals surface area contributed by atoms with Crippen LogP contribution in [-0.4, -0.2) is 23.1 Å². The Hall–Kier alpha value is -2.80. The zero-order valence-electron chi connectivity index (χ0n) is 12.8. The van der Waals surface area contributed by atoms with Crippen LogP contribution in [-0.2, 0) is 16.1 Å². The van der Waals surface area contributed by atoms with Gasteiger partial charge in [-0.15, -0.1) is 0 Å². The van der Waals surface area contributed by atoms with Crippen LogP contribution in [0.3, 0.4) is 0 Å². The molecule has 24 heavy (non-hydrogen) atoms. The number of amides is 1. The van der Waals surface area contributed by atoms with Crippen molar-refractivity contribution in [3.05, 3.63) is 65.2 Å². The lowest BCUT2D eigenvalue weighted by atomic mass is 10.1. The third-order valence-electron chi connectivity index (χ3n) is 3.21. The van der Waals surface area contributed by atoms with E-state index in [2.05, 4.69) is 5.32 Å². The number of carbonyl (C=O) groups excluding carboxylic acids is 2. The third kappa shape index (κ3) is 4.36. The molecule has 0 unspecified atom stereocenters. The number of ether oxygens (including phenoxy) is 1. The number of hydrogen-bond acceptors (Lipinski definition) is 4. The van der Waals surface area contributed by atoms with E-state index in [1.165, 1.54) is 19.1 Å². The fourth-order valence-electron chi connectivity index (χ4n) is 1.85. The van der Waals surface area contributed by atoms with E-state index in [4.69, 9.17) is 9.84 Å². The Morgan fingerprint density at radius 2 is 1.83 bits per heavy atom. The van der Waals surface area contributed by atoms with Crippen LogP contribution in [0.15, 0.2) is 42.5 Å². The molecule has 0 spiro atoms. The monoisotopic (exact) mass is 335 g/mol. The predicted octanol–water partition coefficient (Wildman–Crippen LogP) is 2.64. The van der Waals surface area contributed by atoms with Crippen molar-refractivity contribution in [2.24, 2.45) is 0 Å². The number of nitrogens with one attached hydrogen (secondary N) is 1. The first-order valence-electron chi connectivity index (χ1n) is 7.07. The molecule has 0 heterocycles. The largest absolute Gasteiger partial charge is 0.449 e. The van der Waals surface area contributed by atoms with Crippen LogP contribution in [0.25, 0.3) is 0 Å². The lowest BCUT2D eigenvalue weighted by Crippen LogP contribution is -2.30. The molecule has 0 aliphatic rings. The van der Waals surface area contributed by atoms with Crippen molar-refractivity contribution in [3.63, 3.8) is 0 Å². The van der Waals surface area contributed by atoms with Crippen molar-refractivity contribution >= 4 is 17.6 Å². The molecular weight excluding hydrogens is 320 g/mol. The number of aliphatic hydroxyl groups is 1. The molecule has 0 saturated heterocycles.